The van der Waals surface area contributed by atoms with Crippen molar-refractivity contribution >= 4 is 11.8 Å². The number of carbonyl (C=O) groups excluding carboxylic acids is 2. The molecule has 0 bridgehead atoms. The van der Waals surface area contributed by atoms with E-state index < -0.39 is 0 Å². The van der Waals surface area contributed by atoms with Gasteiger partial charge in [0.25, 0.3) is 0 Å². The van der Waals surface area contributed by atoms with Gasteiger partial charge in [0, 0.05) is 25.2 Å². The van der Waals surface area contributed by atoms with Crippen molar-refractivity contribution in [1.29, 1.82) is 0 Å². The number of amides is 2. The second-order valence-corrected chi connectivity index (χ2v) is 6.94. The van der Waals surface area contributed by atoms with E-state index in [4.69, 9.17) is 0 Å². The van der Waals surface area contributed by atoms with Crippen LogP contribution in [0.5, 0.6) is 0 Å². The molecule has 6 heteroatoms. The molecule has 0 saturated carbocycles. The van der Waals surface area contributed by atoms with Crippen molar-refractivity contribution in [3.8, 4) is 0 Å². The first kappa shape index (κ1) is 19.0. The lowest BCUT2D eigenvalue weighted by Gasteiger charge is -2.32. The van der Waals surface area contributed by atoms with E-state index in [1.54, 1.807) is 11.0 Å². The van der Waals surface area contributed by atoms with Gasteiger partial charge in [0.2, 0.25) is 11.8 Å². The van der Waals surface area contributed by atoms with Crippen LogP contribution in [0.2, 0.25) is 0 Å². The van der Waals surface area contributed by atoms with E-state index >= 15 is 0 Å². The maximum absolute atomic E-state index is 13.3. The summed E-state index contributed by atoms with van der Waals surface area (Å²) in [6.07, 6.45) is 1.50. The summed E-state index contributed by atoms with van der Waals surface area (Å²) >= 11 is 0. The number of nitrogens with zero attached hydrogens (tertiary/aromatic N) is 2. The number of likely N-dealkylation sites (tertiary alicyclic amines) is 1. The Morgan fingerprint density at radius 2 is 2.11 bits per heavy atom. The van der Waals surface area contributed by atoms with Crippen LogP contribution in [-0.2, 0) is 22.6 Å². The van der Waals surface area contributed by atoms with Gasteiger partial charge in [-0.25, -0.2) is 4.39 Å². The molecule has 1 fully saturated rings. The molecular formula is C21H24FN3O2. The summed E-state index contributed by atoms with van der Waals surface area (Å²) in [6.45, 7) is 3.19. The third-order valence-electron chi connectivity index (χ3n) is 4.82. The number of pyridine rings is 1. The van der Waals surface area contributed by atoms with E-state index in [9.17, 15) is 14.0 Å². The average molecular weight is 369 g/mol. The van der Waals surface area contributed by atoms with Crippen LogP contribution in [0, 0.1) is 18.7 Å². The third-order valence-corrected chi connectivity index (χ3v) is 4.82. The smallest absolute Gasteiger partial charge is 0.225 e. The Bertz CT molecular complexity index is 825. The largest absolute Gasteiger partial charge is 0.350 e. The van der Waals surface area contributed by atoms with Gasteiger partial charge in [-0.15, -0.1) is 0 Å². The van der Waals surface area contributed by atoms with Crippen molar-refractivity contribution in [3.63, 3.8) is 0 Å². The molecule has 1 saturated heterocycles. The van der Waals surface area contributed by atoms with Crippen molar-refractivity contribution in [1.82, 2.24) is 15.2 Å². The molecule has 1 N–H and O–H groups in total. The van der Waals surface area contributed by atoms with Gasteiger partial charge in [-0.3, -0.25) is 14.6 Å². The summed E-state index contributed by atoms with van der Waals surface area (Å²) in [6, 6.07) is 12.1. The van der Waals surface area contributed by atoms with Crippen LogP contribution < -0.4 is 5.32 Å². The minimum absolute atomic E-state index is 0.0517. The molecule has 1 atom stereocenters. The monoisotopic (exact) mass is 369 g/mol. The van der Waals surface area contributed by atoms with Crippen molar-refractivity contribution in [3.05, 3.63) is 65.2 Å². The predicted octanol–water partition coefficient (Wildman–Crippen LogP) is 2.63. The van der Waals surface area contributed by atoms with Crippen molar-refractivity contribution in [2.24, 2.45) is 5.92 Å². The molecule has 1 aromatic heterocycles. The summed E-state index contributed by atoms with van der Waals surface area (Å²) < 4.78 is 13.3. The maximum atomic E-state index is 13.3. The highest BCUT2D eigenvalue weighted by atomic mass is 19.1. The highest BCUT2D eigenvalue weighted by molar-refractivity contribution is 5.83. The van der Waals surface area contributed by atoms with Crippen LogP contribution in [0.4, 0.5) is 4.39 Å². The fourth-order valence-electron chi connectivity index (χ4n) is 3.32. The number of carbonyl (C=O) groups is 2. The Kier molecular flexibility index (Phi) is 6.16. The zero-order chi connectivity index (χ0) is 19.2. The molecule has 5 nitrogen and oxygen atoms in total. The van der Waals surface area contributed by atoms with Gasteiger partial charge in [0.1, 0.15) is 5.82 Å². The van der Waals surface area contributed by atoms with Crippen LogP contribution in [0.1, 0.15) is 29.8 Å². The Hall–Kier alpha value is -2.76. The van der Waals surface area contributed by atoms with E-state index in [2.05, 4.69) is 10.3 Å². The van der Waals surface area contributed by atoms with Crippen LogP contribution in [0.3, 0.4) is 0 Å². The number of nitrogens with one attached hydrogen (secondary N) is 1. The number of piperidine rings is 1. The normalized spacial score (nSPS) is 17.0. The second kappa shape index (κ2) is 8.75. The Labute approximate surface area is 158 Å². The highest BCUT2D eigenvalue weighted by Crippen LogP contribution is 2.19. The molecule has 0 radical (unpaired) electrons. The molecule has 2 heterocycles. The number of halogens is 1. The van der Waals surface area contributed by atoms with E-state index in [0.717, 1.165) is 17.0 Å². The Balaban J connectivity index is 1.52. The number of hydrogen-bond donors (Lipinski definition) is 1. The first-order chi connectivity index (χ1) is 13.0. The SMILES string of the molecule is Cc1cccc(CNC(=O)[C@H]2CCC(=O)N(CCc3cccc(F)c3)C2)n1. The first-order valence-electron chi connectivity index (χ1n) is 9.24. The first-order valence-corrected chi connectivity index (χ1v) is 9.24. The van der Waals surface area contributed by atoms with Gasteiger partial charge < -0.3 is 10.2 Å². The van der Waals surface area contributed by atoms with Gasteiger partial charge in [-0.05, 0) is 49.6 Å². The van der Waals surface area contributed by atoms with Crippen LogP contribution in [0.15, 0.2) is 42.5 Å². The number of aromatic nitrogens is 1. The predicted molar refractivity (Wildman–Crippen MR) is 100 cm³/mol. The highest BCUT2D eigenvalue weighted by Gasteiger charge is 2.29. The number of rotatable bonds is 6. The molecule has 0 spiro atoms. The number of hydrogen-bond acceptors (Lipinski definition) is 3. The Morgan fingerprint density at radius 1 is 1.30 bits per heavy atom. The fourth-order valence-corrected chi connectivity index (χ4v) is 3.32. The lowest BCUT2D eigenvalue weighted by Crippen LogP contribution is -2.46. The summed E-state index contributed by atoms with van der Waals surface area (Å²) in [7, 11) is 0. The van der Waals surface area contributed by atoms with Crippen molar-refractivity contribution in [2.75, 3.05) is 13.1 Å². The van der Waals surface area contributed by atoms with Gasteiger partial charge >= 0.3 is 0 Å². The molecule has 0 aliphatic carbocycles. The lowest BCUT2D eigenvalue weighted by atomic mass is 9.96. The standard InChI is InChI=1S/C21H24FN3O2/c1-15-4-2-7-19(24-15)13-23-21(27)17-8-9-20(26)25(14-17)11-10-16-5-3-6-18(22)12-16/h2-7,12,17H,8-11,13-14H2,1H3,(H,23,27)/t17-/m0/s1. The van der Waals surface area contributed by atoms with E-state index in [0.29, 0.717) is 38.9 Å². The lowest BCUT2D eigenvalue weighted by molar-refractivity contribution is -0.138. The van der Waals surface area contributed by atoms with Crippen molar-refractivity contribution in [2.45, 2.75) is 32.7 Å². The molecule has 0 unspecified atom stereocenters. The molecule has 27 heavy (non-hydrogen) atoms. The molecule has 3 rings (SSSR count). The van der Waals surface area contributed by atoms with E-state index in [-0.39, 0.29) is 23.5 Å². The third kappa shape index (κ3) is 5.36. The zero-order valence-corrected chi connectivity index (χ0v) is 15.5. The van der Waals surface area contributed by atoms with Crippen LogP contribution in [0.25, 0.3) is 0 Å². The molecule has 1 aromatic carbocycles. The Morgan fingerprint density at radius 3 is 2.89 bits per heavy atom. The van der Waals surface area contributed by atoms with Crippen LogP contribution >= 0.6 is 0 Å². The number of benzene rings is 1. The summed E-state index contributed by atoms with van der Waals surface area (Å²) in [5.41, 5.74) is 2.58. The molecule has 142 valence electrons. The van der Waals surface area contributed by atoms with Gasteiger partial charge in [-0.2, -0.15) is 0 Å². The van der Waals surface area contributed by atoms with Crippen LogP contribution in [-0.4, -0.2) is 34.8 Å². The fraction of sp³-hybridized carbons (Fsp3) is 0.381. The minimum Gasteiger partial charge on any atom is -0.350 e. The van der Waals surface area contributed by atoms with E-state index in [1.165, 1.54) is 12.1 Å². The quantitative estimate of drug-likeness (QED) is 0.851. The van der Waals surface area contributed by atoms with Gasteiger partial charge in [0.15, 0.2) is 0 Å². The number of aryl methyl sites for hydroxylation is 1. The molecular weight excluding hydrogens is 345 g/mol. The average Bonchev–Trinajstić information content (AvgIpc) is 2.65. The summed E-state index contributed by atoms with van der Waals surface area (Å²) in [5, 5.41) is 2.92. The maximum Gasteiger partial charge on any atom is 0.225 e. The molecule has 2 aromatic rings. The minimum atomic E-state index is -0.278. The second-order valence-electron chi connectivity index (χ2n) is 6.94. The summed E-state index contributed by atoms with van der Waals surface area (Å²) in [4.78, 5) is 30.8. The molecule has 2 amide bonds. The van der Waals surface area contributed by atoms with E-state index in [1.807, 2.05) is 31.2 Å². The van der Waals surface area contributed by atoms with Gasteiger partial charge in [0.05, 0.1) is 18.2 Å². The molecule has 1 aliphatic rings. The zero-order valence-electron chi connectivity index (χ0n) is 15.5. The molecule has 1 aliphatic heterocycles. The van der Waals surface area contributed by atoms with Crippen molar-refractivity contribution < 1.29 is 14.0 Å². The topological polar surface area (TPSA) is 62.3 Å². The summed E-state index contributed by atoms with van der Waals surface area (Å²) in [5.74, 6) is -0.503. The van der Waals surface area contributed by atoms with Gasteiger partial charge in [-0.1, -0.05) is 18.2 Å².